The van der Waals surface area contributed by atoms with Gasteiger partial charge in [-0.3, -0.25) is 4.79 Å². The van der Waals surface area contributed by atoms with Gasteiger partial charge in [-0.2, -0.15) is 35.1 Å². The van der Waals surface area contributed by atoms with E-state index in [0.29, 0.717) is 26.3 Å². The number of alkyl halides is 8. The van der Waals surface area contributed by atoms with Gasteiger partial charge in [0, 0.05) is 18.5 Å². The van der Waals surface area contributed by atoms with Crippen molar-refractivity contribution in [1.29, 1.82) is 0 Å². The van der Waals surface area contributed by atoms with Crippen LogP contribution in [0.5, 0.6) is 0 Å². The zero-order chi connectivity index (χ0) is 26.3. The predicted molar refractivity (Wildman–Crippen MR) is 110 cm³/mol. The third-order valence-electron chi connectivity index (χ3n) is 5.49. The Morgan fingerprint density at radius 1 is 0.758 bits per heavy atom. The Labute approximate surface area is 189 Å². The molecule has 1 aromatic rings. The molecule has 0 heterocycles. The number of nitrogens with zero attached hydrogens (tertiary/aromatic N) is 1. The standard InChI is InChI=1S/C23H31F8NO/c1-8-32(14-15-9-11-16(12-10-15)18(2,3)4)17(33)13-20(24,25)22(28,29)23(30,31)21(26,27)19(5,6)7/h9-12H,8,13-14H2,1-7H3. The number of carbonyl (C=O) groups excluding carboxylic acids is 1. The highest BCUT2D eigenvalue weighted by molar-refractivity contribution is 5.77. The van der Waals surface area contributed by atoms with E-state index in [0.717, 1.165) is 10.5 Å². The fourth-order valence-electron chi connectivity index (χ4n) is 3.02. The van der Waals surface area contributed by atoms with Gasteiger partial charge in [-0.25, -0.2) is 0 Å². The Morgan fingerprint density at radius 2 is 1.21 bits per heavy atom. The molecule has 190 valence electrons. The Hall–Kier alpha value is -1.87. The maximum atomic E-state index is 14.3. The third kappa shape index (κ3) is 5.62. The lowest BCUT2D eigenvalue weighted by Crippen LogP contribution is -2.66. The molecule has 0 saturated heterocycles. The van der Waals surface area contributed by atoms with Crippen LogP contribution in [0.1, 0.15) is 66.0 Å². The van der Waals surface area contributed by atoms with Crippen molar-refractivity contribution in [3.63, 3.8) is 0 Å². The fraction of sp³-hybridized carbons (Fsp3) is 0.696. The second-order valence-corrected chi connectivity index (χ2v) is 10.2. The lowest BCUT2D eigenvalue weighted by molar-refractivity contribution is -0.382. The first-order chi connectivity index (χ1) is 14.5. The van der Waals surface area contributed by atoms with E-state index in [-0.39, 0.29) is 18.5 Å². The highest BCUT2D eigenvalue weighted by Crippen LogP contribution is 2.58. The highest BCUT2D eigenvalue weighted by Gasteiger charge is 2.82. The van der Waals surface area contributed by atoms with Crippen molar-refractivity contribution >= 4 is 5.91 Å². The van der Waals surface area contributed by atoms with Crippen LogP contribution in [0, 0.1) is 5.41 Å². The molecule has 0 fully saturated rings. The van der Waals surface area contributed by atoms with Crippen molar-refractivity contribution in [1.82, 2.24) is 4.90 Å². The first-order valence-electron chi connectivity index (χ1n) is 10.4. The summed E-state index contributed by atoms with van der Waals surface area (Å²) in [5, 5.41) is 0. The van der Waals surface area contributed by atoms with Crippen LogP contribution in [0.3, 0.4) is 0 Å². The average Bonchev–Trinajstić information content (AvgIpc) is 2.63. The van der Waals surface area contributed by atoms with Crippen molar-refractivity contribution in [2.24, 2.45) is 5.41 Å². The first-order valence-corrected chi connectivity index (χ1v) is 10.4. The minimum Gasteiger partial charge on any atom is -0.338 e. The number of amides is 1. The molecule has 1 rings (SSSR count). The second kappa shape index (κ2) is 9.06. The van der Waals surface area contributed by atoms with Gasteiger partial charge in [0.05, 0.1) is 6.42 Å². The second-order valence-electron chi connectivity index (χ2n) is 10.2. The summed E-state index contributed by atoms with van der Waals surface area (Å²) in [5.41, 5.74) is -1.46. The minimum atomic E-state index is -6.47. The largest absolute Gasteiger partial charge is 0.378 e. The fourth-order valence-corrected chi connectivity index (χ4v) is 3.02. The molecular formula is C23H31F8NO. The van der Waals surface area contributed by atoms with E-state index in [1.165, 1.54) is 6.92 Å². The number of carbonyl (C=O) groups is 1. The van der Waals surface area contributed by atoms with Gasteiger partial charge in [-0.05, 0) is 23.5 Å². The summed E-state index contributed by atoms with van der Waals surface area (Å²) in [4.78, 5) is 13.1. The molecule has 2 nitrogen and oxygen atoms in total. The molecule has 1 amide bonds. The Kier molecular flexibility index (Phi) is 8.00. The Bertz CT molecular complexity index is 820. The molecule has 0 aliphatic heterocycles. The van der Waals surface area contributed by atoms with E-state index in [1.54, 1.807) is 24.3 Å². The molecule has 0 aliphatic carbocycles. The van der Waals surface area contributed by atoms with Crippen LogP contribution in [0.25, 0.3) is 0 Å². The van der Waals surface area contributed by atoms with Crippen LogP contribution < -0.4 is 0 Å². The summed E-state index contributed by atoms with van der Waals surface area (Å²) >= 11 is 0. The smallest absolute Gasteiger partial charge is 0.338 e. The normalized spacial score (nSPS) is 14.4. The maximum absolute atomic E-state index is 14.3. The summed E-state index contributed by atoms with van der Waals surface area (Å²) in [7, 11) is 0. The van der Waals surface area contributed by atoms with E-state index >= 15 is 0 Å². The Balaban J connectivity index is 3.13. The summed E-state index contributed by atoms with van der Waals surface area (Å²) < 4.78 is 113. The van der Waals surface area contributed by atoms with Crippen molar-refractivity contribution < 1.29 is 39.9 Å². The van der Waals surface area contributed by atoms with Crippen LogP contribution >= 0.6 is 0 Å². The zero-order valence-corrected chi connectivity index (χ0v) is 19.8. The Morgan fingerprint density at radius 3 is 1.58 bits per heavy atom. The SMILES string of the molecule is CCN(Cc1ccc(C(C)(C)C)cc1)C(=O)CC(F)(F)C(F)(F)C(F)(F)C(F)(F)C(C)(C)C. The lowest BCUT2D eigenvalue weighted by Gasteiger charge is -2.42. The van der Waals surface area contributed by atoms with Gasteiger partial charge in [-0.1, -0.05) is 65.8 Å². The summed E-state index contributed by atoms with van der Waals surface area (Å²) in [6.45, 7) is 8.45. The number of benzene rings is 1. The number of hydrogen-bond donors (Lipinski definition) is 0. The van der Waals surface area contributed by atoms with Crippen molar-refractivity contribution in [2.45, 2.75) is 90.5 Å². The van der Waals surface area contributed by atoms with Gasteiger partial charge >= 0.3 is 23.7 Å². The first kappa shape index (κ1) is 29.2. The molecule has 0 aromatic heterocycles. The molecular weight excluding hydrogens is 458 g/mol. The average molecular weight is 489 g/mol. The topological polar surface area (TPSA) is 20.3 Å². The van der Waals surface area contributed by atoms with Crippen LogP contribution in [0.15, 0.2) is 24.3 Å². The molecule has 0 bridgehead atoms. The molecule has 0 saturated carbocycles. The molecule has 0 atom stereocenters. The third-order valence-corrected chi connectivity index (χ3v) is 5.49. The number of halogens is 8. The van der Waals surface area contributed by atoms with Crippen LogP contribution in [-0.2, 0) is 16.8 Å². The molecule has 0 spiro atoms. The number of rotatable bonds is 8. The van der Waals surface area contributed by atoms with Crippen molar-refractivity contribution in [3.05, 3.63) is 35.4 Å². The predicted octanol–water partition coefficient (Wildman–Crippen LogP) is 7.31. The van der Waals surface area contributed by atoms with E-state index in [1.807, 2.05) is 20.8 Å². The molecule has 0 radical (unpaired) electrons. The van der Waals surface area contributed by atoms with Gasteiger partial charge in [-0.15, -0.1) is 0 Å². The van der Waals surface area contributed by atoms with Crippen LogP contribution in [0.2, 0.25) is 0 Å². The molecule has 0 unspecified atom stereocenters. The highest BCUT2D eigenvalue weighted by atomic mass is 19.4. The van der Waals surface area contributed by atoms with Gasteiger partial charge < -0.3 is 4.90 Å². The monoisotopic (exact) mass is 489 g/mol. The summed E-state index contributed by atoms with van der Waals surface area (Å²) in [5.74, 6) is -25.6. The van der Waals surface area contributed by atoms with Gasteiger partial charge in [0.15, 0.2) is 0 Å². The lowest BCUT2D eigenvalue weighted by atomic mass is 9.80. The quantitative estimate of drug-likeness (QED) is 0.351. The maximum Gasteiger partial charge on any atom is 0.378 e. The van der Waals surface area contributed by atoms with E-state index < -0.39 is 41.4 Å². The molecule has 0 N–H and O–H groups in total. The summed E-state index contributed by atoms with van der Waals surface area (Å²) in [6, 6.07) is 6.76. The zero-order valence-electron chi connectivity index (χ0n) is 19.8. The van der Waals surface area contributed by atoms with Gasteiger partial charge in [0.25, 0.3) is 0 Å². The van der Waals surface area contributed by atoms with Crippen molar-refractivity contribution in [3.8, 4) is 0 Å². The van der Waals surface area contributed by atoms with Crippen LogP contribution in [-0.4, -0.2) is 41.0 Å². The molecule has 33 heavy (non-hydrogen) atoms. The summed E-state index contributed by atoms with van der Waals surface area (Å²) in [6.07, 6.45) is -2.34. The van der Waals surface area contributed by atoms with Gasteiger partial charge in [0.1, 0.15) is 0 Å². The van der Waals surface area contributed by atoms with E-state index in [2.05, 4.69) is 0 Å². The van der Waals surface area contributed by atoms with Crippen LogP contribution in [0.4, 0.5) is 35.1 Å². The number of hydrogen-bond acceptors (Lipinski definition) is 1. The molecule has 1 aromatic carbocycles. The van der Waals surface area contributed by atoms with Crippen molar-refractivity contribution in [2.75, 3.05) is 6.54 Å². The molecule has 0 aliphatic rings. The van der Waals surface area contributed by atoms with E-state index in [9.17, 15) is 39.9 Å². The van der Waals surface area contributed by atoms with Gasteiger partial charge in [0.2, 0.25) is 5.91 Å². The minimum absolute atomic E-state index is 0.174. The molecule has 10 heteroatoms. The van der Waals surface area contributed by atoms with E-state index in [4.69, 9.17) is 0 Å².